The molecule has 0 spiro atoms. The molecule has 2 heterocycles. The number of ether oxygens (including phenoxy) is 2. The molecule has 1 saturated carbocycles. The van der Waals surface area contributed by atoms with Crippen molar-refractivity contribution in [2.24, 2.45) is 0 Å². The van der Waals surface area contributed by atoms with Gasteiger partial charge in [-0.15, -0.1) is 0 Å². The SMILES string of the molecule is COCCO[C@H]1CC[C@H](NC(=O)c2ccc(-c3nccc4occc34)cc2)CC1. The highest BCUT2D eigenvalue weighted by atomic mass is 16.5. The van der Waals surface area contributed by atoms with Crippen molar-refractivity contribution < 1.29 is 18.7 Å². The van der Waals surface area contributed by atoms with Crippen LogP contribution in [0.4, 0.5) is 0 Å². The number of furan rings is 1. The Balaban J connectivity index is 1.34. The molecule has 6 nitrogen and oxygen atoms in total. The molecule has 1 aliphatic carbocycles. The molecule has 2 aromatic heterocycles. The molecule has 152 valence electrons. The van der Waals surface area contributed by atoms with Crippen LogP contribution in [0.5, 0.6) is 0 Å². The lowest BCUT2D eigenvalue weighted by Crippen LogP contribution is -2.39. The Morgan fingerprint density at radius 2 is 1.90 bits per heavy atom. The molecule has 0 bridgehead atoms. The molecular weight excluding hydrogens is 368 g/mol. The molecule has 1 N–H and O–H groups in total. The van der Waals surface area contributed by atoms with E-state index in [4.69, 9.17) is 13.9 Å². The molecule has 0 saturated heterocycles. The van der Waals surface area contributed by atoms with E-state index >= 15 is 0 Å². The van der Waals surface area contributed by atoms with Crippen molar-refractivity contribution in [3.63, 3.8) is 0 Å². The third-order valence-electron chi connectivity index (χ3n) is 5.45. The van der Waals surface area contributed by atoms with Crippen molar-refractivity contribution in [3.05, 3.63) is 54.4 Å². The van der Waals surface area contributed by atoms with Crippen molar-refractivity contribution in [2.45, 2.75) is 37.8 Å². The third-order valence-corrected chi connectivity index (χ3v) is 5.45. The second kappa shape index (κ2) is 9.20. The van der Waals surface area contributed by atoms with Crippen LogP contribution in [-0.4, -0.2) is 43.4 Å². The summed E-state index contributed by atoms with van der Waals surface area (Å²) in [4.78, 5) is 17.1. The Bertz CT molecular complexity index is 943. The number of nitrogens with one attached hydrogen (secondary N) is 1. The van der Waals surface area contributed by atoms with Gasteiger partial charge in [0.15, 0.2) is 0 Å². The molecule has 1 aliphatic rings. The molecule has 29 heavy (non-hydrogen) atoms. The average Bonchev–Trinajstić information content (AvgIpc) is 3.24. The van der Waals surface area contributed by atoms with Crippen molar-refractivity contribution in [3.8, 4) is 11.3 Å². The third kappa shape index (κ3) is 4.66. The number of amides is 1. The highest BCUT2D eigenvalue weighted by Gasteiger charge is 2.23. The highest BCUT2D eigenvalue weighted by molar-refractivity contribution is 5.96. The first-order valence-electron chi connectivity index (χ1n) is 10.1. The van der Waals surface area contributed by atoms with E-state index in [0.29, 0.717) is 18.8 Å². The molecule has 6 heteroatoms. The van der Waals surface area contributed by atoms with Gasteiger partial charge >= 0.3 is 0 Å². The fourth-order valence-corrected chi connectivity index (χ4v) is 3.84. The number of aromatic nitrogens is 1. The van der Waals surface area contributed by atoms with Gasteiger partial charge in [0.1, 0.15) is 5.58 Å². The lowest BCUT2D eigenvalue weighted by Gasteiger charge is -2.29. The predicted molar refractivity (Wildman–Crippen MR) is 111 cm³/mol. The van der Waals surface area contributed by atoms with Crippen molar-refractivity contribution >= 4 is 16.9 Å². The lowest BCUT2D eigenvalue weighted by molar-refractivity contribution is -0.00408. The highest BCUT2D eigenvalue weighted by Crippen LogP contribution is 2.27. The molecular formula is C23H26N2O4. The number of methoxy groups -OCH3 is 1. The summed E-state index contributed by atoms with van der Waals surface area (Å²) in [5, 5.41) is 4.12. The van der Waals surface area contributed by atoms with Crippen LogP contribution in [-0.2, 0) is 9.47 Å². The largest absolute Gasteiger partial charge is 0.464 e. The van der Waals surface area contributed by atoms with Gasteiger partial charge in [0.05, 0.1) is 31.3 Å². The van der Waals surface area contributed by atoms with Crippen LogP contribution in [0.25, 0.3) is 22.2 Å². The van der Waals surface area contributed by atoms with E-state index in [1.54, 1.807) is 19.6 Å². The summed E-state index contributed by atoms with van der Waals surface area (Å²) >= 11 is 0. The van der Waals surface area contributed by atoms with Crippen molar-refractivity contribution in [1.82, 2.24) is 10.3 Å². The van der Waals surface area contributed by atoms with E-state index in [9.17, 15) is 4.79 Å². The van der Waals surface area contributed by atoms with Gasteiger partial charge in [-0.25, -0.2) is 0 Å². The standard InChI is InChI=1S/C23H26N2O4/c1-27-14-15-28-19-8-6-18(7-9-19)25-23(26)17-4-2-16(3-5-17)22-20-11-13-29-21(20)10-12-24-22/h2-5,10-13,18-19H,6-9,14-15H2,1H3,(H,25,26)/t18-,19-. The van der Waals surface area contributed by atoms with Crippen LogP contribution in [0.1, 0.15) is 36.0 Å². The Morgan fingerprint density at radius 3 is 2.66 bits per heavy atom. The number of fused-ring (bicyclic) bond motifs is 1. The maximum atomic E-state index is 12.6. The summed E-state index contributed by atoms with van der Waals surface area (Å²) in [5.74, 6) is -0.0326. The summed E-state index contributed by atoms with van der Waals surface area (Å²) in [6, 6.07) is 11.5. The van der Waals surface area contributed by atoms with Crippen LogP contribution in [0.3, 0.4) is 0 Å². The van der Waals surface area contributed by atoms with Gasteiger partial charge in [-0.1, -0.05) is 12.1 Å². The number of rotatable bonds is 7. The molecule has 0 aliphatic heterocycles. The number of carbonyl (C=O) groups excluding carboxylic acids is 1. The maximum Gasteiger partial charge on any atom is 0.251 e. The van der Waals surface area contributed by atoms with Crippen molar-refractivity contribution in [1.29, 1.82) is 0 Å². The van der Waals surface area contributed by atoms with Gasteiger partial charge in [-0.05, 0) is 49.9 Å². The zero-order valence-corrected chi connectivity index (χ0v) is 16.6. The second-order valence-electron chi connectivity index (χ2n) is 7.38. The fourth-order valence-electron chi connectivity index (χ4n) is 3.84. The zero-order chi connectivity index (χ0) is 20.1. The molecule has 1 fully saturated rings. The minimum atomic E-state index is -0.0326. The minimum Gasteiger partial charge on any atom is -0.464 e. The normalized spacial score (nSPS) is 19.3. The number of pyridine rings is 1. The quantitative estimate of drug-likeness (QED) is 0.608. The van der Waals surface area contributed by atoms with Gasteiger partial charge in [0.25, 0.3) is 5.91 Å². The predicted octanol–water partition coefficient (Wildman–Crippen LogP) is 4.20. The Morgan fingerprint density at radius 1 is 1.10 bits per heavy atom. The molecule has 1 amide bonds. The Kier molecular flexibility index (Phi) is 6.22. The molecule has 4 rings (SSSR count). The molecule has 0 unspecified atom stereocenters. The van der Waals surface area contributed by atoms with Gasteiger partial charge in [0, 0.05) is 35.9 Å². The number of hydrogen-bond donors (Lipinski definition) is 1. The lowest BCUT2D eigenvalue weighted by atomic mass is 9.92. The van der Waals surface area contributed by atoms with Gasteiger partial charge in [-0.3, -0.25) is 9.78 Å². The van der Waals surface area contributed by atoms with E-state index in [0.717, 1.165) is 47.9 Å². The van der Waals surface area contributed by atoms with Gasteiger partial charge < -0.3 is 19.2 Å². The Hall–Kier alpha value is -2.70. The monoisotopic (exact) mass is 394 g/mol. The number of carbonyl (C=O) groups is 1. The zero-order valence-electron chi connectivity index (χ0n) is 16.6. The number of nitrogens with zero attached hydrogens (tertiary/aromatic N) is 1. The fraction of sp³-hybridized carbons (Fsp3) is 0.391. The van der Waals surface area contributed by atoms with Crippen LogP contribution >= 0.6 is 0 Å². The molecule has 3 aromatic rings. The molecule has 0 atom stereocenters. The molecule has 1 aromatic carbocycles. The van der Waals surface area contributed by atoms with E-state index in [1.165, 1.54) is 0 Å². The number of hydrogen-bond acceptors (Lipinski definition) is 5. The maximum absolute atomic E-state index is 12.6. The van der Waals surface area contributed by atoms with Crippen LogP contribution in [0.15, 0.2) is 53.3 Å². The van der Waals surface area contributed by atoms with Crippen LogP contribution < -0.4 is 5.32 Å². The smallest absolute Gasteiger partial charge is 0.251 e. The summed E-state index contributed by atoms with van der Waals surface area (Å²) in [7, 11) is 1.68. The first kappa shape index (κ1) is 19.6. The van der Waals surface area contributed by atoms with E-state index < -0.39 is 0 Å². The van der Waals surface area contributed by atoms with E-state index in [1.807, 2.05) is 36.4 Å². The summed E-state index contributed by atoms with van der Waals surface area (Å²) < 4.78 is 16.3. The second-order valence-corrected chi connectivity index (χ2v) is 7.38. The van der Waals surface area contributed by atoms with Crippen LogP contribution in [0, 0.1) is 0 Å². The first-order valence-corrected chi connectivity index (χ1v) is 10.1. The molecule has 0 radical (unpaired) electrons. The van der Waals surface area contributed by atoms with E-state index in [-0.39, 0.29) is 18.1 Å². The minimum absolute atomic E-state index is 0.0326. The topological polar surface area (TPSA) is 73.6 Å². The summed E-state index contributed by atoms with van der Waals surface area (Å²) in [5.41, 5.74) is 3.28. The number of benzene rings is 1. The summed E-state index contributed by atoms with van der Waals surface area (Å²) in [6.45, 7) is 1.25. The van der Waals surface area contributed by atoms with Crippen molar-refractivity contribution in [2.75, 3.05) is 20.3 Å². The van der Waals surface area contributed by atoms with E-state index in [2.05, 4.69) is 10.3 Å². The van der Waals surface area contributed by atoms with Gasteiger partial charge in [-0.2, -0.15) is 0 Å². The summed E-state index contributed by atoms with van der Waals surface area (Å²) in [6.07, 6.45) is 7.48. The first-order chi connectivity index (χ1) is 14.2. The Labute approximate surface area is 170 Å². The van der Waals surface area contributed by atoms with Crippen LogP contribution in [0.2, 0.25) is 0 Å². The van der Waals surface area contributed by atoms with Gasteiger partial charge in [0.2, 0.25) is 0 Å². The average molecular weight is 394 g/mol.